The predicted molar refractivity (Wildman–Crippen MR) is 68.7 cm³/mol. The van der Waals surface area contributed by atoms with Gasteiger partial charge in [-0.15, -0.1) is 0 Å². The molecule has 3 N–H and O–H groups in total. The third-order valence-electron chi connectivity index (χ3n) is 3.77. The van der Waals surface area contributed by atoms with E-state index in [1.165, 1.54) is 0 Å². The molecule has 1 heterocycles. The molecule has 0 aromatic carbocycles. The Morgan fingerprint density at radius 2 is 1.94 bits per heavy atom. The number of nitrogens with one attached hydrogen (secondary N) is 1. The molecule has 1 saturated heterocycles. The fraction of sp³-hybridized carbons (Fsp3) is 0.846. The average Bonchev–Trinajstić information content (AvgIpc) is 3.00. The number of amides is 2. The summed E-state index contributed by atoms with van der Waals surface area (Å²) in [6.45, 7) is 4.51. The summed E-state index contributed by atoms with van der Waals surface area (Å²) in [4.78, 5) is 26.0. The van der Waals surface area contributed by atoms with Crippen molar-refractivity contribution in [1.29, 1.82) is 0 Å². The van der Waals surface area contributed by atoms with Gasteiger partial charge in [-0.25, -0.2) is 0 Å². The molecule has 102 valence electrons. The summed E-state index contributed by atoms with van der Waals surface area (Å²) in [7, 11) is 0. The molecule has 0 spiro atoms. The molecule has 5 heteroatoms. The highest BCUT2D eigenvalue weighted by Crippen LogP contribution is 2.23. The van der Waals surface area contributed by atoms with E-state index in [9.17, 15) is 9.59 Å². The quantitative estimate of drug-likeness (QED) is 0.753. The van der Waals surface area contributed by atoms with Crippen molar-refractivity contribution in [2.75, 3.05) is 6.54 Å². The van der Waals surface area contributed by atoms with Crippen LogP contribution in [0.5, 0.6) is 0 Å². The minimum atomic E-state index is -0.501. The van der Waals surface area contributed by atoms with Crippen molar-refractivity contribution >= 4 is 11.8 Å². The predicted octanol–water partition coefficient (Wildman–Crippen LogP) is 0.239. The first kappa shape index (κ1) is 13.3. The Morgan fingerprint density at radius 1 is 1.28 bits per heavy atom. The zero-order valence-corrected chi connectivity index (χ0v) is 11.2. The summed E-state index contributed by atoms with van der Waals surface area (Å²) in [6, 6.07) is -0.462. The van der Waals surface area contributed by atoms with Crippen LogP contribution in [0.25, 0.3) is 0 Å². The molecule has 0 aromatic heterocycles. The lowest BCUT2D eigenvalue weighted by Crippen LogP contribution is -2.52. The summed E-state index contributed by atoms with van der Waals surface area (Å²) in [6.07, 6.45) is 3.78. The molecule has 0 bridgehead atoms. The topological polar surface area (TPSA) is 75.4 Å². The lowest BCUT2D eigenvalue weighted by atomic mass is 10.0. The van der Waals surface area contributed by atoms with Crippen molar-refractivity contribution in [2.24, 2.45) is 11.7 Å². The third-order valence-corrected chi connectivity index (χ3v) is 3.77. The van der Waals surface area contributed by atoms with Crippen molar-refractivity contribution in [3.8, 4) is 0 Å². The second-order valence-corrected chi connectivity index (χ2v) is 5.74. The van der Waals surface area contributed by atoms with Gasteiger partial charge in [-0.05, 0) is 31.6 Å². The molecule has 2 aliphatic rings. The maximum absolute atomic E-state index is 12.2. The van der Waals surface area contributed by atoms with Gasteiger partial charge in [0.25, 0.3) is 0 Å². The summed E-state index contributed by atoms with van der Waals surface area (Å²) in [5, 5.41) is 2.98. The van der Waals surface area contributed by atoms with Crippen LogP contribution in [0.15, 0.2) is 0 Å². The lowest BCUT2D eigenvalue weighted by molar-refractivity contribution is -0.140. The van der Waals surface area contributed by atoms with Crippen LogP contribution >= 0.6 is 0 Å². The summed E-state index contributed by atoms with van der Waals surface area (Å²) in [5.41, 5.74) is 5.89. The standard InChI is InChI=1S/C13H23N3O2/c1-8(2)11(14)13(18)16-7-3-4-10(16)12(17)15-9-5-6-9/h8-11H,3-7,14H2,1-2H3,(H,15,17)/t10?,11-/m0/s1. The Bertz CT molecular complexity index is 339. The monoisotopic (exact) mass is 253 g/mol. The highest BCUT2D eigenvalue weighted by molar-refractivity contribution is 5.90. The van der Waals surface area contributed by atoms with Crippen molar-refractivity contribution in [1.82, 2.24) is 10.2 Å². The first-order valence-corrected chi connectivity index (χ1v) is 6.87. The SMILES string of the molecule is CC(C)[C@H](N)C(=O)N1CCCC1C(=O)NC1CC1. The summed E-state index contributed by atoms with van der Waals surface area (Å²) < 4.78 is 0. The van der Waals surface area contributed by atoms with Gasteiger partial charge in [0, 0.05) is 12.6 Å². The van der Waals surface area contributed by atoms with Crippen LogP contribution in [0.1, 0.15) is 39.5 Å². The highest BCUT2D eigenvalue weighted by atomic mass is 16.2. The minimum Gasteiger partial charge on any atom is -0.352 e. The first-order chi connectivity index (χ1) is 8.50. The highest BCUT2D eigenvalue weighted by Gasteiger charge is 2.38. The maximum atomic E-state index is 12.2. The second kappa shape index (κ2) is 5.26. The fourth-order valence-electron chi connectivity index (χ4n) is 2.30. The molecule has 2 fully saturated rings. The van der Waals surface area contributed by atoms with Gasteiger partial charge in [-0.2, -0.15) is 0 Å². The van der Waals surface area contributed by atoms with Gasteiger partial charge >= 0.3 is 0 Å². The van der Waals surface area contributed by atoms with Gasteiger partial charge in [0.05, 0.1) is 6.04 Å². The molecule has 5 nitrogen and oxygen atoms in total. The molecular weight excluding hydrogens is 230 g/mol. The van der Waals surface area contributed by atoms with Gasteiger partial charge in [0.1, 0.15) is 6.04 Å². The van der Waals surface area contributed by atoms with E-state index in [1.54, 1.807) is 4.90 Å². The van der Waals surface area contributed by atoms with Gasteiger partial charge in [0.15, 0.2) is 0 Å². The van der Waals surface area contributed by atoms with E-state index in [0.717, 1.165) is 25.7 Å². The summed E-state index contributed by atoms with van der Waals surface area (Å²) >= 11 is 0. The van der Waals surface area contributed by atoms with E-state index >= 15 is 0 Å². The van der Waals surface area contributed by atoms with E-state index in [2.05, 4.69) is 5.32 Å². The van der Waals surface area contributed by atoms with Crippen LogP contribution in [0.2, 0.25) is 0 Å². The molecule has 1 unspecified atom stereocenters. The molecule has 2 amide bonds. The van der Waals surface area contributed by atoms with E-state index in [0.29, 0.717) is 12.6 Å². The molecule has 1 saturated carbocycles. The molecule has 2 atom stereocenters. The Morgan fingerprint density at radius 3 is 2.50 bits per heavy atom. The van der Waals surface area contributed by atoms with Crippen molar-refractivity contribution < 1.29 is 9.59 Å². The normalized spacial score (nSPS) is 25.3. The zero-order valence-electron chi connectivity index (χ0n) is 11.2. The van der Waals surface area contributed by atoms with Crippen LogP contribution in [-0.2, 0) is 9.59 Å². The Hall–Kier alpha value is -1.10. The second-order valence-electron chi connectivity index (χ2n) is 5.74. The van der Waals surface area contributed by atoms with Gasteiger partial charge < -0.3 is 16.0 Å². The lowest BCUT2D eigenvalue weighted by Gasteiger charge is -2.28. The van der Waals surface area contributed by atoms with Crippen molar-refractivity contribution in [3.05, 3.63) is 0 Å². The Labute approximate surface area is 108 Å². The maximum Gasteiger partial charge on any atom is 0.243 e. The van der Waals surface area contributed by atoms with E-state index < -0.39 is 6.04 Å². The van der Waals surface area contributed by atoms with Crippen LogP contribution in [0.4, 0.5) is 0 Å². The largest absolute Gasteiger partial charge is 0.352 e. The van der Waals surface area contributed by atoms with E-state index in [4.69, 9.17) is 5.73 Å². The molecule has 0 aromatic rings. The number of hydrogen-bond donors (Lipinski definition) is 2. The minimum absolute atomic E-state index is 0.000642. The number of likely N-dealkylation sites (tertiary alicyclic amines) is 1. The molecule has 18 heavy (non-hydrogen) atoms. The number of nitrogens with zero attached hydrogens (tertiary/aromatic N) is 1. The van der Waals surface area contributed by atoms with Crippen LogP contribution in [0.3, 0.4) is 0 Å². The van der Waals surface area contributed by atoms with Crippen LogP contribution in [0, 0.1) is 5.92 Å². The van der Waals surface area contributed by atoms with Crippen LogP contribution in [-0.4, -0.2) is 41.4 Å². The van der Waals surface area contributed by atoms with Gasteiger partial charge in [-0.1, -0.05) is 13.8 Å². The van der Waals surface area contributed by atoms with E-state index in [-0.39, 0.29) is 23.8 Å². The third kappa shape index (κ3) is 2.83. The van der Waals surface area contributed by atoms with Crippen molar-refractivity contribution in [2.45, 2.75) is 57.7 Å². The van der Waals surface area contributed by atoms with Crippen LogP contribution < -0.4 is 11.1 Å². The summed E-state index contributed by atoms with van der Waals surface area (Å²) in [5.74, 6) is 0.0167. The first-order valence-electron chi connectivity index (χ1n) is 6.87. The number of carbonyl (C=O) groups is 2. The van der Waals surface area contributed by atoms with Gasteiger partial charge in [-0.3, -0.25) is 9.59 Å². The van der Waals surface area contributed by atoms with E-state index in [1.807, 2.05) is 13.8 Å². The molecule has 0 radical (unpaired) electrons. The number of rotatable bonds is 4. The molecule has 2 rings (SSSR count). The van der Waals surface area contributed by atoms with Crippen molar-refractivity contribution in [3.63, 3.8) is 0 Å². The zero-order chi connectivity index (χ0) is 13.3. The van der Waals surface area contributed by atoms with Gasteiger partial charge in [0.2, 0.25) is 11.8 Å². The molecule has 1 aliphatic heterocycles. The smallest absolute Gasteiger partial charge is 0.243 e. The number of nitrogens with two attached hydrogens (primary N) is 1. The number of hydrogen-bond acceptors (Lipinski definition) is 3. The molecular formula is C13H23N3O2. The molecule has 1 aliphatic carbocycles. The Kier molecular flexibility index (Phi) is 3.90. The average molecular weight is 253 g/mol. The fourth-order valence-corrected chi connectivity index (χ4v) is 2.30. The number of carbonyl (C=O) groups excluding carboxylic acids is 2. The Balaban J connectivity index is 1.97.